The van der Waals surface area contributed by atoms with E-state index in [9.17, 15) is 13.2 Å². The molecule has 2 N–H and O–H groups in total. The van der Waals surface area contributed by atoms with Crippen LogP contribution in [0.25, 0.3) is 0 Å². The first kappa shape index (κ1) is 15.6. The Labute approximate surface area is 132 Å². The number of piperidine rings is 1. The van der Waals surface area contributed by atoms with Crippen molar-refractivity contribution in [2.45, 2.75) is 24.9 Å². The smallest absolute Gasteiger partial charge is 0.368 e. The van der Waals surface area contributed by atoms with Crippen molar-refractivity contribution < 1.29 is 13.2 Å². The highest BCUT2D eigenvalue weighted by Gasteiger charge is 2.35. The lowest BCUT2D eigenvalue weighted by atomic mass is 9.86. The second-order valence-electron chi connectivity index (χ2n) is 5.62. The molecular weight excluding hydrogens is 305 g/mol. The molecule has 0 bridgehead atoms. The Balaban J connectivity index is 1.75. The lowest BCUT2D eigenvalue weighted by Crippen LogP contribution is -2.34. The monoisotopic (exact) mass is 322 g/mol. The molecule has 0 aliphatic carbocycles. The number of hydrogen-bond acceptors (Lipinski definition) is 4. The number of nitrogens with two attached hydrogens (primary N) is 1. The molecule has 0 spiro atoms. The van der Waals surface area contributed by atoms with Gasteiger partial charge >= 0.3 is 6.18 Å². The van der Waals surface area contributed by atoms with Crippen LogP contribution in [0.5, 0.6) is 0 Å². The van der Waals surface area contributed by atoms with Crippen molar-refractivity contribution in [3.8, 4) is 0 Å². The summed E-state index contributed by atoms with van der Waals surface area (Å²) in [6, 6.07) is 7.62. The van der Waals surface area contributed by atoms with Crippen LogP contribution in [0.15, 0.2) is 36.5 Å². The SMILES string of the molecule is Nc1nccc(N2CCC(c3ccccc3C(F)(F)F)CC2)n1. The Morgan fingerprint density at radius 1 is 1.09 bits per heavy atom. The maximum Gasteiger partial charge on any atom is 0.416 e. The Morgan fingerprint density at radius 2 is 1.78 bits per heavy atom. The van der Waals surface area contributed by atoms with E-state index in [0.29, 0.717) is 31.5 Å². The molecule has 0 atom stereocenters. The zero-order chi connectivity index (χ0) is 16.4. The Morgan fingerprint density at radius 3 is 2.43 bits per heavy atom. The van der Waals surface area contributed by atoms with Crippen LogP contribution in [0.3, 0.4) is 0 Å². The number of anilines is 2. The summed E-state index contributed by atoms with van der Waals surface area (Å²) in [7, 11) is 0. The molecule has 1 aliphatic heterocycles. The number of alkyl halides is 3. The van der Waals surface area contributed by atoms with Gasteiger partial charge < -0.3 is 10.6 Å². The molecule has 7 heteroatoms. The fraction of sp³-hybridized carbons (Fsp3) is 0.375. The van der Waals surface area contributed by atoms with E-state index >= 15 is 0 Å². The van der Waals surface area contributed by atoms with Gasteiger partial charge in [0.1, 0.15) is 5.82 Å². The quantitative estimate of drug-likeness (QED) is 0.920. The van der Waals surface area contributed by atoms with Crippen LogP contribution in [0.2, 0.25) is 0 Å². The average Bonchev–Trinajstić information content (AvgIpc) is 2.54. The summed E-state index contributed by atoms with van der Waals surface area (Å²) in [6.45, 7) is 1.29. The first-order valence-electron chi connectivity index (χ1n) is 7.45. The summed E-state index contributed by atoms with van der Waals surface area (Å²) in [6.07, 6.45) is -1.43. The predicted molar refractivity (Wildman–Crippen MR) is 82.1 cm³/mol. The highest BCUT2D eigenvalue weighted by Crippen LogP contribution is 2.39. The number of nitrogens with zero attached hydrogens (tertiary/aromatic N) is 3. The molecule has 1 aromatic heterocycles. The molecule has 3 rings (SSSR count). The first-order valence-corrected chi connectivity index (χ1v) is 7.45. The molecule has 23 heavy (non-hydrogen) atoms. The molecule has 1 aliphatic rings. The minimum absolute atomic E-state index is 0.0942. The molecule has 0 unspecified atom stereocenters. The minimum atomic E-state index is -4.31. The second kappa shape index (κ2) is 6.06. The second-order valence-corrected chi connectivity index (χ2v) is 5.62. The van der Waals surface area contributed by atoms with Gasteiger partial charge in [0, 0.05) is 19.3 Å². The number of hydrogen-bond donors (Lipinski definition) is 1. The number of benzene rings is 1. The average molecular weight is 322 g/mol. The van der Waals surface area contributed by atoms with Crippen molar-refractivity contribution >= 4 is 11.8 Å². The van der Waals surface area contributed by atoms with Crippen molar-refractivity contribution in [1.29, 1.82) is 0 Å². The number of nitrogen functional groups attached to an aromatic ring is 1. The van der Waals surface area contributed by atoms with Gasteiger partial charge in [0.05, 0.1) is 5.56 Å². The molecule has 2 heterocycles. The molecule has 0 radical (unpaired) electrons. The van der Waals surface area contributed by atoms with Crippen molar-refractivity contribution in [2.75, 3.05) is 23.7 Å². The van der Waals surface area contributed by atoms with Gasteiger partial charge in [-0.2, -0.15) is 18.2 Å². The summed E-state index contributed by atoms with van der Waals surface area (Å²) >= 11 is 0. The molecule has 1 aromatic carbocycles. The first-order chi connectivity index (χ1) is 10.9. The van der Waals surface area contributed by atoms with Gasteiger partial charge in [-0.3, -0.25) is 0 Å². The van der Waals surface area contributed by atoms with Crippen LogP contribution in [0.1, 0.15) is 29.9 Å². The van der Waals surface area contributed by atoms with Gasteiger partial charge in [-0.25, -0.2) is 4.98 Å². The maximum atomic E-state index is 13.1. The normalized spacial score (nSPS) is 16.6. The fourth-order valence-electron chi connectivity index (χ4n) is 3.07. The topological polar surface area (TPSA) is 55.0 Å². The predicted octanol–water partition coefficient (Wildman–Crippen LogP) is 3.46. The van der Waals surface area contributed by atoms with Crippen molar-refractivity contribution in [1.82, 2.24) is 9.97 Å². The van der Waals surface area contributed by atoms with Crippen molar-refractivity contribution in [2.24, 2.45) is 0 Å². The summed E-state index contributed by atoms with van der Waals surface area (Å²) in [5.41, 5.74) is 5.44. The van der Waals surface area contributed by atoms with Crippen LogP contribution in [0.4, 0.5) is 24.9 Å². The number of halogens is 3. The fourth-order valence-corrected chi connectivity index (χ4v) is 3.07. The van der Waals surface area contributed by atoms with E-state index in [1.807, 2.05) is 4.90 Å². The van der Waals surface area contributed by atoms with Crippen LogP contribution >= 0.6 is 0 Å². The summed E-state index contributed by atoms with van der Waals surface area (Å²) < 4.78 is 39.4. The Bertz CT molecular complexity index is 679. The zero-order valence-corrected chi connectivity index (χ0v) is 12.4. The molecule has 2 aromatic rings. The zero-order valence-electron chi connectivity index (χ0n) is 12.4. The van der Waals surface area contributed by atoms with E-state index < -0.39 is 11.7 Å². The minimum Gasteiger partial charge on any atom is -0.368 e. The third kappa shape index (κ3) is 3.38. The maximum absolute atomic E-state index is 13.1. The van der Waals surface area contributed by atoms with Crippen LogP contribution in [-0.2, 0) is 6.18 Å². The van der Waals surface area contributed by atoms with Crippen molar-refractivity contribution in [3.63, 3.8) is 0 Å². The van der Waals surface area contributed by atoms with E-state index in [1.165, 1.54) is 6.07 Å². The number of rotatable bonds is 2. The van der Waals surface area contributed by atoms with E-state index in [4.69, 9.17) is 5.73 Å². The van der Waals surface area contributed by atoms with E-state index in [2.05, 4.69) is 9.97 Å². The third-order valence-electron chi connectivity index (χ3n) is 4.18. The molecule has 122 valence electrons. The highest BCUT2D eigenvalue weighted by molar-refractivity contribution is 5.42. The molecule has 0 amide bonds. The van der Waals surface area contributed by atoms with E-state index in [0.717, 1.165) is 11.9 Å². The lowest BCUT2D eigenvalue weighted by Gasteiger charge is -2.33. The van der Waals surface area contributed by atoms with Gasteiger partial charge in [-0.05, 0) is 36.5 Å². The summed E-state index contributed by atoms with van der Waals surface area (Å²) in [5, 5.41) is 0. The standard InChI is InChI=1S/C16H17F3N4/c17-16(18,19)13-4-2-1-3-12(13)11-6-9-23(10-7-11)14-5-8-21-15(20)22-14/h1-5,8,11H,6-7,9-10H2,(H2,20,21,22). The largest absolute Gasteiger partial charge is 0.416 e. The molecule has 0 saturated carbocycles. The third-order valence-corrected chi connectivity index (χ3v) is 4.18. The van der Waals surface area contributed by atoms with Crippen LogP contribution in [-0.4, -0.2) is 23.1 Å². The van der Waals surface area contributed by atoms with Crippen LogP contribution in [0, 0.1) is 0 Å². The lowest BCUT2D eigenvalue weighted by molar-refractivity contribution is -0.138. The Hall–Kier alpha value is -2.31. The van der Waals surface area contributed by atoms with Gasteiger partial charge in [0.2, 0.25) is 5.95 Å². The van der Waals surface area contributed by atoms with Gasteiger partial charge in [0.15, 0.2) is 0 Å². The van der Waals surface area contributed by atoms with Gasteiger partial charge in [-0.15, -0.1) is 0 Å². The van der Waals surface area contributed by atoms with Gasteiger partial charge in [-0.1, -0.05) is 18.2 Å². The Kier molecular flexibility index (Phi) is 4.11. The number of aromatic nitrogens is 2. The highest BCUT2D eigenvalue weighted by atomic mass is 19.4. The van der Waals surface area contributed by atoms with E-state index in [1.54, 1.807) is 24.4 Å². The molecule has 1 saturated heterocycles. The van der Waals surface area contributed by atoms with E-state index in [-0.39, 0.29) is 11.9 Å². The molecule has 4 nitrogen and oxygen atoms in total. The summed E-state index contributed by atoms with van der Waals surface area (Å²) in [5.74, 6) is 0.829. The van der Waals surface area contributed by atoms with Crippen molar-refractivity contribution in [3.05, 3.63) is 47.7 Å². The molecular formula is C16H17F3N4. The van der Waals surface area contributed by atoms with Gasteiger partial charge in [0.25, 0.3) is 0 Å². The summed E-state index contributed by atoms with van der Waals surface area (Å²) in [4.78, 5) is 10.0. The molecule has 1 fully saturated rings. The van der Waals surface area contributed by atoms with Crippen LogP contribution < -0.4 is 10.6 Å².